The Bertz CT molecular complexity index is 680. The number of methoxy groups -OCH3 is 1. The molecule has 2 aromatic rings. The summed E-state index contributed by atoms with van der Waals surface area (Å²) in [6.07, 6.45) is 0. The van der Waals surface area contributed by atoms with E-state index in [1.807, 2.05) is 37.3 Å². The van der Waals surface area contributed by atoms with E-state index in [1.165, 1.54) is 0 Å². The molecule has 0 amide bonds. The second-order valence-corrected chi connectivity index (χ2v) is 6.26. The summed E-state index contributed by atoms with van der Waals surface area (Å²) in [6.45, 7) is 4.91. The SMILES string of the molecule is CCOc1cc(CNCCOC)c(Cl)cc1OCc1cccc(Cl)c1. The molecule has 0 aliphatic rings. The predicted molar refractivity (Wildman–Crippen MR) is 102 cm³/mol. The van der Waals surface area contributed by atoms with Crippen LogP contribution in [-0.2, 0) is 17.9 Å². The van der Waals surface area contributed by atoms with Gasteiger partial charge in [-0.2, -0.15) is 0 Å². The molecule has 0 aliphatic carbocycles. The van der Waals surface area contributed by atoms with Crippen LogP contribution in [0.4, 0.5) is 0 Å². The van der Waals surface area contributed by atoms with E-state index in [4.69, 9.17) is 37.4 Å². The van der Waals surface area contributed by atoms with Crippen molar-refractivity contribution in [3.05, 3.63) is 57.6 Å². The van der Waals surface area contributed by atoms with E-state index in [-0.39, 0.29) is 0 Å². The van der Waals surface area contributed by atoms with Gasteiger partial charge in [-0.15, -0.1) is 0 Å². The smallest absolute Gasteiger partial charge is 0.163 e. The van der Waals surface area contributed by atoms with Crippen molar-refractivity contribution in [3.8, 4) is 11.5 Å². The minimum absolute atomic E-state index is 0.391. The lowest BCUT2D eigenvalue weighted by molar-refractivity contribution is 0.199. The number of ether oxygens (including phenoxy) is 3. The number of benzene rings is 2. The molecule has 0 atom stereocenters. The molecule has 0 aliphatic heterocycles. The van der Waals surface area contributed by atoms with Gasteiger partial charge < -0.3 is 19.5 Å². The van der Waals surface area contributed by atoms with Crippen molar-refractivity contribution in [3.63, 3.8) is 0 Å². The average molecular weight is 384 g/mol. The summed E-state index contributed by atoms with van der Waals surface area (Å²) >= 11 is 12.4. The highest BCUT2D eigenvalue weighted by Crippen LogP contribution is 2.34. The Hall–Kier alpha value is -1.46. The lowest BCUT2D eigenvalue weighted by Crippen LogP contribution is -2.18. The molecule has 0 saturated carbocycles. The van der Waals surface area contributed by atoms with Crippen molar-refractivity contribution in [1.29, 1.82) is 0 Å². The molecular formula is C19H23Cl2NO3. The Morgan fingerprint density at radius 3 is 2.56 bits per heavy atom. The van der Waals surface area contributed by atoms with Gasteiger partial charge >= 0.3 is 0 Å². The van der Waals surface area contributed by atoms with Crippen molar-refractivity contribution >= 4 is 23.2 Å². The van der Waals surface area contributed by atoms with E-state index in [1.54, 1.807) is 13.2 Å². The summed E-state index contributed by atoms with van der Waals surface area (Å²) in [4.78, 5) is 0. The third-order valence-electron chi connectivity index (χ3n) is 3.49. The van der Waals surface area contributed by atoms with E-state index in [0.29, 0.717) is 47.9 Å². The zero-order valence-electron chi connectivity index (χ0n) is 14.5. The maximum Gasteiger partial charge on any atom is 0.163 e. The van der Waals surface area contributed by atoms with Gasteiger partial charge in [0.2, 0.25) is 0 Å². The minimum Gasteiger partial charge on any atom is -0.490 e. The standard InChI is InChI=1S/C19H23Cl2NO3/c1-3-24-18-10-15(12-22-7-8-23-2)17(21)11-19(18)25-13-14-5-4-6-16(20)9-14/h4-6,9-11,22H,3,7-8,12-13H2,1-2H3. The topological polar surface area (TPSA) is 39.7 Å². The molecule has 0 fully saturated rings. The Morgan fingerprint density at radius 1 is 1.04 bits per heavy atom. The molecule has 0 bridgehead atoms. The lowest BCUT2D eigenvalue weighted by Gasteiger charge is -2.15. The van der Waals surface area contributed by atoms with Crippen molar-refractivity contribution in [2.75, 3.05) is 26.9 Å². The van der Waals surface area contributed by atoms with Gasteiger partial charge in [0.25, 0.3) is 0 Å². The summed E-state index contributed by atoms with van der Waals surface area (Å²) in [6, 6.07) is 11.3. The normalized spacial score (nSPS) is 10.7. The van der Waals surface area contributed by atoms with Crippen molar-refractivity contribution in [2.24, 2.45) is 0 Å². The highest BCUT2D eigenvalue weighted by atomic mass is 35.5. The van der Waals surface area contributed by atoms with Gasteiger partial charge in [0.15, 0.2) is 11.5 Å². The third-order valence-corrected chi connectivity index (χ3v) is 4.08. The Labute approximate surface area is 159 Å². The molecular weight excluding hydrogens is 361 g/mol. The number of hydrogen-bond donors (Lipinski definition) is 1. The fourth-order valence-electron chi connectivity index (χ4n) is 2.28. The summed E-state index contributed by atoms with van der Waals surface area (Å²) in [5.74, 6) is 1.30. The van der Waals surface area contributed by atoms with Crippen LogP contribution in [0.15, 0.2) is 36.4 Å². The molecule has 4 nitrogen and oxygen atoms in total. The maximum atomic E-state index is 6.39. The highest BCUT2D eigenvalue weighted by molar-refractivity contribution is 6.31. The van der Waals surface area contributed by atoms with E-state index in [2.05, 4.69) is 5.32 Å². The van der Waals surface area contributed by atoms with Gasteiger partial charge in [-0.25, -0.2) is 0 Å². The predicted octanol–water partition coefficient (Wildman–Crippen LogP) is 4.71. The molecule has 0 heterocycles. The maximum absolute atomic E-state index is 6.39. The number of nitrogens with one attached hydrogen (secondary N) is 1. The van der Waals surface area contributed by atoms with E-state index < -0.39 is 0 Å². The minimum atomic E-state index is 0.391. The zero-order chi connectivity index (χ0) is 18.1. The largest absolute Gasteiger partial charge is 0.490 e. The summed E-state index contributed by atoms with van der Waals surface area (Å²) in [5, 5.41) is 4.59. The molecule has 0 saturated heterocycles. The first kappa shape index (κ1) is 19.9. The molecule has 0 radical (unpaired) electrons. The Morgan fingerprint density at radius 2 is 1.84 bits per heavy atom. The van der Waals surface area contributed by atoms with Gasteiger partial charge in [0, 0.05) is 36.3 Å². The van der Waals surface area contributed by atoms with E-state index in [0.717, 1.165) is 17.7 Å². The van der Waals surface area contributed by atoms with Crippen LogP contribution in [0, 0.1) is 0 Å². The fraction of sp³-hybridized carbons (Fsp3) is 0.368. The molecule has 1 N–H and O–H groups in total. The van der Waals surface area contributed by atoms with Crippen LogP contribution in [0.5, 0.6) is 11.5 Å². The second kappa shape index (κ2) is 10.5. The molecule has 0 spiro atoms. The van der Waals surface area contributed by atoms with Crippen LogP contribution in [0.3, 0.4) is 0 Å². The molecule has 0 aromatic heterocycles. The Kier molecular flexibility index (Phi) is 8.35. The summed E-state index contributed by atoms with van der Waals surface area (Å²) < 4.78 is 16.6. The van der Waals surface area contributed by atoms with Crippen LogP contribution in [0.25, 0.3) is 0 Å². The lowest BCUT2D eigenvalue weighted by atomic mass is 10.2. The average Bonchev–Trinajstić information content (AvgIpc) is 2.60. The monoisotopic (exact) mass is 383 g/mol. The number of rotatable bonds is 10. The van der Waals surface area contributed by atoms with Gasteiger partial charge in [-0.3, -0.25) is 0 Å². The van der Waals surface area contributed by atoms with Crippen LogP contribution in [0.2, 0.25) is 10.0 Å². The van der Waals surface area contributed by atoms with Crippen molar-refractivity contribution in [2.45, 2.75) is 20.1 Å². The first-order valence-electron chi connectivity index (χ1n) is 8.16. The number of hydrogen-bond acceptors (Lipinski definition) is 4. The van der Waals surface area contributed by atoms with Gasteiger partial charge in [-0.05, 0) is 36.2 Å². The molecule has 2 aromatic carbocycles. The molecule has 0 unspecified atom stereocenters. The highest BCUT2D eigenvalue weighted by Gasteiger charge is 2.11. The van der Waals surface area contributed by atoms with Crippen LogP contribution < -0.4 is 14.8 Å². The molecule has 136 valence electrons. The quantitative estimate of drug-likeness (QED) is 0.603. The number of halogens is 2. The van der Waals surface area contributed by atoms with Crippen LogP contribution in [-0.4, -0.2) is 26.9 Å². The van der Waals surface area contributed by atoms with Gasteiger partial charge in [-0.1, -0.05) is 35.3 Å². The van der Waals surface area contributed by atoms with Crippen LogP contribution >= 0.6 is 23.2 Å². The molecule has 6 heteroatoms. The third kappa shape index (κ3) is 6.40. The molecule has 2 rings (SSSR count). The zero-order valence-corrected chi connectivity index (χ0v) is 16.0. The summed E-state index contributed by atoms with van der Waals surface area (Å²) in [5.41, 5.74) is 1.94. The van der Waals surface area contributed by atoms with Gasteiger partial charge in [0.05, 0.1) is 13.2 Å². The van der Waals surface area contributed by atoms with E-state index >= 15 is 0 Å². The fourth-order valence-corrected chi connectivity index (χ4v) is 2.71. The van der Waals surface area contributed by atoms with Gasteiger partial charge in [0.1, 0.15) is 6.61 Å². The van der Waals surface area contributed by atoms with Crippen molar-refractivity contribution < 1.29 is 14.2 Å². The van der Waals surface area contributed by atoms with E-state index in [9.17, 15) is 0 Å². The first-order chi connectivity index (χ1) is 12.1. The summed E-state index contributed by atoms with van der Waals surface area (Å²) in [7, 11) is 1.67. The first-order valence-corrected chi connectivity index (χ1v) is 8.91. The second-order valence-electron chi connectivity index (χ2n) is 5.41. The Balaban J connectivity index is 2.09. The molecule has 25 heavy (non-hydrogen) atoms. The van der Waals surface area contributed by atoms with Crippen molar-refractivity contribution in [1.82, 2.24) is 5.32 Å². The van der Waals surface area contributed by atoms with Crippen LogP contribution in [0.1, 0.15) is 18.1 Å².